The minimum absolute atomic E-state index is 0.314. The van der Waals surface area contributed by atoms with Crippen molar-refractivity contribution in [2.45, 2.75) is 13.8 Å². The second-order valence-corrected chi connectivity index (χ2v) is 8.18. The molecule has 1 N–H and O–H groups in total. The van der Waals surface area contributed by atoms with Gasteiger partial charge < -0.3 is 9.47 Å². The Bertz CT molecular complexity index is 1280. The molecule has 0 bridgehead atoms. The largest absolute Gasteiger partial charge is 0.494 e. The fourth-order valence-corrected chi connectivity index (χ4v) is 3.48. The number of aromatic nitrogens is 2. The molecule has 1 amide bonds. The van der Waals surface area contributed by atoms with Gasteiger partial charge in [0.15, 0.2) is 0 Å². The van der Waals surface area contributed by atoms with Crippen LogP contribution in [0.4, 0.5) is 0 Å². The lowest BCUT2D eigenvalue weighted by Gasteiger charge is -2.11. The van der Waals surface area contributed by atoms with Crippen molar-refractivity contribution in [1.82, 2.24) is 15.2 Å². The summed E-state index contributed by atoms with van der Waals surface area (Å²) in [5, 5.41) is 8.81. The fraction of sp³-hybridized carbons (Fsp3) is 0.115. The lowest BCUT2D eigenvalue weighted by Crippen LogP contribution is -2.17. The highest BCUT2D eigenvalue weighted by Crippen LogP contribution is 2.30. The molecule has 1 aromatic heterocycles. The first kappa shape index (κ1) is 23.3. The van der Waals surface area contributed by atoms with Gasteiger partial charge in [0.25, 0.3) is 5.91 Å². The summed E-state index contributed by atoms with van der Waals surface area (Å²) in [4.78, 5) is 12.4. The second-order valence-electron chi connectivity index (χ2n) is 7.26. The molecule has 0 atom stereocenters. The molecule has 7 nitrogen and oxygen atoms in total. The number of hydrazone groups is 1. The summed E-state index contributed by atoms with van der Waals surface area (Å²) in [7, 11) is 0. The third kappa shape index (κ3) is 5.52. The predicted octanol–water partition coefficient (Wildman–Crippen LogP) is 5.90. The number of para-hydroxylation sites is 1. The molecule has 0 saturated heterocycles. The van der Waals surface area contributed by atoms with E-state index in [1.165, 1.54) is 0 Å². The number of nitrogens with zero attached hydrogens (tertiary/aromatic N) is 3. The number of hydrogen-bond donors (Lipinski definition) is 1. The molecule has 0 aliphatic rings. The first-order chi connectivity index (χ1) is 16.5. The summed E-state index contributed by atoms with van der Waals surface area (Å²) in [6.07, 6.45) is 1.54. The van der Waals surface area contributed by atoms with Gasteiger partial charge in [-0.25, -0.2) is 5.43 Å². The Labute approximate surface area is 206 Å². The molecule has 0 unspecified atom stereocenters. The van der Waals surface area contributed by atoms with Crippen LogP contribution in [0.1, 0.15) is 28.5 Å². The highest BCUT2D eigenvalue weighted by Gasteiger charge is 2.18. The number of ether oxygens (including phenoxy) is 2. The molecule has 172 valence electrons. The Morgan fingerprint density at radius 3 is 2.38 bits per heavy atom. The normalized spacial score (nSPS) is 10.9. The van der Waals surface area contributed by atoms with Crippen molar-refractivity contribution in [2.24, 2.45) is 5.10 Å². The number of halogens is 1. The van der Waals surface area contributed by atoms with Crippen LogP contribution in [-0.4, -0.2) is 28.5 Å². The molecular weight excluding hydrogens is 496 g/mol. The van der Waals surface area contributed by atoms with E-state index in [0.717, 1.165) is 15.9 Å². The van der Waals surface area contributed by atoms with Gasteiger partial charge in [0.05, 0.1) is 29.8 Å². The van der Waals surface area contributed by atoms with E-state index in [2.05, 4.69) is 31.6 Å². The smallest absolute Gasteiger partial charge is 0.271 e. The molecular formula is C26H23BrN4O3. The predicted molar refractivity (Wildman–Crippen MR) is 135 cm³/mol. The molecule has 8 heteroatoms. The molecule has 0 aliphatic heterocycles. The minimum Gasteiger partial charge on any atom is -0.494 e. The minimum atomic E-state index is -0.314. The second kappa shape index (κ2) is 10.8. The first-order valence-electron chi connectivity index (χ1n) is 10.7. The molecule has 0 aliphatic carbocycles. The molecule has 1 heterocycles. The Kier molecular flexibility index (Phi) is 7.39. The van der Waals surface area contributed by atoms with Crippen LogP contribution in [0.15, 0.2) is 88.4 Å². The zero-order valence-corrected chi connectivity index (χ0v) is 20.3. The molecule has 0 radical (unpaired) electrons. The highest BCUT2D eigenvalue weighted by atomic mass is 79.9. The van der Waals surface area contributed by atoms with E-state index in [9.17, 15) is 4.79 Å². The van der Waals surface area contributed by atoms with Crippen molar-refractivity contribution in [3.63, 3.8) is 0 Å². The standard InChI is InChI=1S/C26H23BrN4O3/c1-3-33-22-13-15-23(16-14-22)34-26-24(18(2)30-31(26)21-7-5-4-6-8-21)17-28-29-25(32)19-9-11-20(27)12-10-19/h4-17H,3H2,1-2H3,(H,29,32)/b28-17-. The van der Waals surface area contributed by atoms with Gasteiger partial charge in [-0.1, -0.05) is 34.1 Å². The maximum absolute atomic E-state index is 12.4. The lowest BCUT2D eigenvalue weighted by molar-refractivity contribution is 0.0955. The average molecular weight is 519 g/mol. The van der Waals surface area contributed by atoms with E-state index in [0.29, 0.717) is 35.1 Å². The number of amides is 1. The van der Waals surface area contributed by atoms with E-state index in [1.807, 2.05) is 68.4 Å². The molecule has 34 heavy (non-hydrogen) atoms. The third-order valence-electron chi connectivity index (χ3n) is 4.88. The fourth-order valence-electron chi connectivity index (χ4n) is 3.21. The van der Waals surface area contributed by atoms with Crippen molar-refractivity contribution in [3.8, 4) is 23.1 Å². The van der Waals surface area contributed by atoms with Crippen LogP contribution in [0.3, 0.4) is 0 Å². The summed E-state index contributed by atoms with van der Waals surface area (Å²) in [6.45, 7) is 4.39. The van der Waals surface area contributed by atoms with E-state index in [-0.39, 0.29) is 5.91 Å². The van der Waals surface area contributed by atoms with Crippen LogP contribution >= 0.6 is 15.9 Å². The molecule has 4 aromatic rings. The first-order valence-corrected chi connectivity index (χ1v) is 11.5. The van der Waals surface area contributed by atoms with E-state index in [4.69, 9.17) is 9.47 Å². The van der Waals surface area contributed by atoms with Crippen molar-refractivity contribution in [1.29, 1.82) is 0 Å². The van der Waals surface area contributed by atoms with Crippen molar-refractivity contribution in [3.05, 3.63) is 100 Å². The summed E-state index contributed by atoms with van der Waals surface area (Å²) >= 11 is 3.36. The quantitative estimate of drug-likeness (QED) is 0.232. The molecule has 4 rings (SSSR count). The van der Waals surface area contributed by atoms with E-state index >= 15 is 0 Å². The number of hydrogen-bond acceptors (Lipinski definition) is 5. The zero-order chi connectivity index (χ0) is 23.9. The van der Waals surface area contributed by atoms with Crippen molar-refractivity contribution >= 4 is 28.1 Å². The lowest BCUT2D eigenvalue weighted by atomic mass is 10.2. The maximum Gasteiger partial charge on any atom is 0.271 e. The van der Waals surface area contributed by atoms with Gasteiger partial charge in [0.1, 0.15) is 11.5 Å². The van der Waals surface area contributed by atoms with Crippen LogP contribution < -0.4 is 14.9 Å². The van der Waals surface area contributed by atoms with Gasteiger partial charge in [0.2, 0.25) is 5.88 Å². The van der Waals surface area contributed by atoms with Gasteiger partial charge in [-0.05, 0) is 74.5 Å². The molecule has 0 fully saturated rings. The number of aryl methyl sites for hydroxylation is 1. The topological polar surface area (TPSA) is 77.7 Å². The highest BCUT2D eigenvalue weighted by molar-refractivity contribution is 9.10. The maximum atomic E-state index is 12.4. The van der Waals surface area contributed by atoms with Gasteiger partial charge in [-0.2, -0.15) is 14.9 Å². The SMILES string of the molecule is CCOc1ccc(Oc2c(/C=N\NC(=O)c3ccc(Br)cc3)c(C)nn2-c2ccccc2)cc1. The summed E-state index contributed by atoms with van der Waals surface area (Å²) in [6, 6.07) is 24.1. The molecule has 3 aromatic carbocycles. The molecule has 0 spiro atoms. The van der Waals surface area contributed by atoms with Crippen LogP contribution in [-0.2, 0) is 0 Å². The third-order valence-corrected chi connectivity index (χ3v) is 5.41. The van der Waals surface area contributed by atoms with Gasteiger partial charge in [0, 0.05) is 10.0 Å². The number of rotatable bonds is 8. The van der Waals surface area contributed by atoms with Gasteiger partial charge >= 0.3 is 0 Å². The van der Waals surface area contributed by atoms with Crippen LogP contribution in [0.25, 0.3) is 5.69 Å². The Hall–Kier alpha value is -3.91. The zero-order valence-electron chi connectivity index (χ0n) is 18.7. The van der Waals surface area contributed by atoms with Gasteiger partial charge in [-0.3, -0.25) is 4.79 Å². The monoisotopic (exact) mass is 518 g/mol. The summed E-state index contributed by atoms with van der Waals surface area (Å²) < 4.78 is 14.4. The van der Waals surface area contributed by atoms with Crippen LogP contribution in [0, 0.1) is 6.92 Å². The molecule has 0 saturated carbocycles. The Balaban J connectivity index is 1.63. The van der Waals surface area contributed by atoms with Crippen molar-refractivity contribution in [2.75, 3.05) is 6.61 Å². The number of carbonyl (C=O) groups is 1. The summed E-state index contributed by atoms with van der Waals surface area (Å²) in [5.74, 6) is 1.55. The average Bonchev–Trinajstić information content (AvgIpc) is 3.16. The summed E-state index contributed by atoms with van der Waals surface area (Å²) in [5.41, 5.74) is 5.25. The Morgan fingerprint density at radius 1 is 1.03 bits per heavy atom. The Morgan fingerprint density at radius 2 is 1.71 bits per heavy atom. The van der Waals surface area contributed by atoms with E-state index < -0.39 is 0 Å². The van der Waals surface area contributed by atoms with E-state index in [1.54, 1.807) is 35.2 Å². The van der Waals surface area contributed by atoms with Crippen molar-refractivity contribution < 1.29 is 14.3 Å². The van der Waals surface area contributed by atoms with Crippen LogP contribution in [0.5, 0.6) is 17.4 Å². The number of carbonyl (C=O) groups excluding carboxylic acids is 1. The number of benzene rings is 3. The van der Waals surface area contributed by atoms with Gasteiger partial charge in [-0.15, -0.1) is 0 Å². The van der Waals surface area contributed by atoms with Crippen LogP contribution in [0.2, 0.25) is 0 Å². The number of nitrogens with one attached hydrogen (secondary N) is 1.